The van der Waals surface area contributed by atoms with Gasteiger partial charge in [0.05, 0.1) is 0 Å². The second-order valence-electron chi connectivity index (χ2n) is 3.89. The molecule has 0 atom stereocenters. The average Bonchev–Trinajstić information content (AvgIpc) is 2.18. The van der Waals surface area contributed by atoms with Crippen LogP contribution in [0.5, 0.6) is 0 Å². The third-order valence-electron chi connectivity index (χ3n) is 3.08. The van der Waals surface area contributed by atoms with Crippen LogP contribution in [0.2, 0.25) is 0 Å². The summed E-state index contributed by atoms with van der Waals surface area (Å²) in [6, 6.07) is 0. The van der Waals surface area contributed by atoms with E-state index in [9.17, 15) is 0 Å². The molecule has 0 saturated carbocycles. The minimum absolute atomic E-state index is 1.14. The predicted octanol–water partition coefficient (Wildman–Crippen LogP) is 2.83. The third-order valence-corrected chi connectivity index (χ3v) is 3.08. The Morgan fingerprint density at radius 2 is 2.08 bits per heavy atom. The fraction of sp³-hybridized carbons (Fsp3) is 0.583. The highest BCUT2D eigenvalue weighted by molar-refractivity contribution is 5.37. The number of rotatable bonds is 1. The maximum absolute atomic E-state index is 4.46. The van der Waals surface area contributed by atoms with Crippen LogP contribution in [-0.2, 0) is 19.3 Å². The zero-order chi connectivity index (χ0) is 9.26. The molecule has 1 aromatic rings. The van der Waals surface area contributed by atoms with Gasteiger partial charge in [-0.2, -0.15) is 0 Å². The molecule has 0 aliphatic heterocycles. The van der Waals surface area contributed by atoms with Gasteiger partial charge in [0, 0.05) is 11.9 Å². The molecule has 1 heterocycles. The maximum Gasteiger partial charge on any atom is 0.0407 e. The molecule has 1 nitrogen and oxygen atoms in total. The van der Waals surface area contributed by atoms with Crippen LogP contribution in [0.1, 0.15) is 42.1 Å². The molecule has 0 N–H and O–H groups in total. The van der Waals surface area contributed by atoms with E-state index >= 15 is 0 Å². The minimum atomic E-state index is 1.14. The topological polar surface area (TPSA) is 12.9 Å². The molecule has 1 aromatic heterocycles. The van der Waals surface area contributed by atoms with E-state index in [2.05, 4.69) is 25.0 Å². The molecule has 0 unspecified atom stereocenters. The van der Waals surface area contributed by atoms with E-state index in [1.165, 1.54) is 42.5 Å². The molecule has 0 radical (unpaired) electrons. The lowest BCUT2D eigenvalue weighted by Gasteiger charge is -2.19. The Balaban J connectivity index is 2.52. The lowest BCUT2D eigenvalue weighted by molar-refractivity contribution is 0.672. The molecule has 0 fully saturated rings. The highest BCUT2D eigenvalue weighted by atomic mass is 14.7. The Labute approximate surface area is 80.2 Å². The zero-order valence-corrected chi connectivity index (χ0v) is 8.56. The van der Waals surface area contributed by atoms with E-state index in [0.29, 0.717) is 0 Å². The first-order valence-electron chi connectivity index (χ1n) is 5.29. The first kappa shape index (κ1) is 8.74. The standard InChI is InChI=1S/C12H17N/c1-3-11-9(2)13-8-10-6-4-5-7-12(10)11/h8H,3-7H2,1-2H3. The number of pyridine rings is 1. The molecule has 13 heavy (non-hydrogen) atoms. The largest absolute Gasteiger partial charge is 0.261 e. The second-order valence-corrected chi connectivity index (χ2v) is 3.89. The number of fused-ring (bicyclic) bond motifs is 1. The van der Waals surface area contributed by atoms with E-state index in [-0.39, 0.29) is 0 Å². The summed E-state index contributed by atoms with van der Waals surface area (Å²) in [5.74, 6) is 0. The normalized spacial score (nSPS) is 15.5. The van der Waals surface area contributed by atoms with Gasteiger partial charge in [-0.05, 0) is 55.7 Å². The first-order chi connectivity index (χ1) is 6.33. The molecular weight excluding hydrogens is 158 g/mol. The highest BCUT2D eigenvalue weighted by Gasteiger charge is 2.14. The van der Waals surface area contributed by atoms with Crippen molar-refractivity contribution in [3.05, 3.63) is 28.6 Å². The molecule has 0 spiro atoms. The summed E-state index contributed by atoms with van der Waals surface area (Å²) in [6.45, 7) is 4.37. The van der Waals surface area contributed by atoms with Gasteiger partial charge in [-0.15, -0.1) is 0 Å². The van der Waals surface area contributed by atoms with Crippen LogP contribution < -0.4 is 0 Å². The molecule has 0 saturated heterocycles. The molecule has 0 bridgehead atoms. The van der Waals surface area contributed by atoms with Crippen LogP contribution in [0, 0.1) is 6.92 Å². The Kier molecular flexibility index (Phi) is 2.34. The van der Waals surface area contributed by atoms with Gasteiger partial charge in [0.1, 0.15) is 0 Å². The molecule has 0 aromatic carbocycles. The number of aryl methyl sites for hydroxylation is 2. The van der Waals surface area contributed by atoms with Gasteiger partial charge in [-0.1, -0.05) is 6.92 Å². The zero-order valence-electron chi connectivity index (χ0n) is 8.56. The van der Waals surface area contributed by atoms with Gasteiger partial charge < -0.3 is 0 Å². The Hall–Kier alpha value is -0.850. The molecule has 1 aliphatic rings. The van der Waals surface area contributed by atoms with Crippen molar-refractivity contribution < 1.29 is 0 Å². The minimum Gasteiger partial charge on any atom is -0.261 e. The molecule has 0 amide bonds. The second kappa shape index (κ2) is 3.49. The van der Waals surface area contributed by atoms with E-state index in [4.69, 9.17) is 0 Å². The van der Waals surface area contributed by atoms with Crippen LogP contribution in [0.4, 0.5) is 0 Å². The van der Waals surface area contributed by atoms with Crippen molar-refractivity contribution >= 4 is 0 Å². The predicted molar refractivity (Wildman–Crippen MR) is 55.0 cm³/mol. The molecular formula is C12H17N. The lowest BCUT2D eigenvalue weighted by Crippen LogP contribution is -2.08. The summed E-state index contributed by atoms with van der Waals surface area (Å²) in [4.78, 5) is 4.46. The number of nitrogens with zero attached hydrogens (tertiary/aromatic N) is 1. The quantitative estimate of drug-likeness (QED) is 0.639. The van der Waals surface area contributed by atoms with Crippen molar-refractivity contribution in [2.24, 2.45) is 0 Å². The Morgan fingerprint density at radius 1 is 1.31 bits per heavy atom. The van der Waals surface area contributed by atoms with E-state index in [0.717, 1.165) is 6.42 Å². The summed E-state index contributed by atoms with van der Waals surface area (Å²) in [6.07, 6.45) is 8.47. The lowest BCUT2D eigenvalue weighted by atomic mass is 9.88. The number of hydrogen-bond donors (Lipinski definition) is 0. The summed E-state index contributed by atoms with van der Waals surface area (Å²) in [5.41, 5.74) is 5.87. The SMILES string of the molecule is CCc1c(C)ncc2c1CCCC2. The third kappa shape index (κ3) is 1.48. The number of hydrogen-bond acceptors (Lipinski definition) is 1. The molecule has 1 aliphatic carbocycles. The van der Waals surface area contributed by atoms with Gasteiger partial charge >= 0.3 is 0 Å². The highest BCUT2D eigenvalue weighted by Crippen LogP contribution is 2.25. The molecule has 1 heteroatoms. The summed E-state index contributed by atoms with van der Waals surface area (Å²) < 4.78 is 0. The summed E-state index contributed by atoms with van der Waals surface area (Å²) in [5, 5.41) is 0. The summed E-state index contributed by atoms with van der Waals surface area (Å²) >= 11 is 0. The maximum atomic E-state index is 4.46. The van der Waals surface area contributed by atoms with Crippen LogP contribution in [0.25, 0.3) is 0 Å². The first-order valence-corrected chi connectivity index (χ1v) is 5.29. The molecule has 70 valence electrons. The van der Waals surface area contributed by atoms with Crippen LogP contribution >= 0.6 is 0 Å². The van der Waals surface area contributed by atoms with Gasteiger partial charge in [0.25, 0.3) is 0 Å². The van der Waals surface area contributed by atoms with Crippen molar-refractivity contribution in [3.8, 4) is 0 Å². The van der Waals surface area contributed by atoms with Crippen LogP contribution in [0.15, 0.2) is 6.20 Å². The van der Waals surface area contributed by atoms with E-state index in [1.807, 2.05) is 0 Å². The van der Waals surface area contributed by atoms with E-state index in [1.54, 1.807) is 5.56 Å². The van der Waals surface area contributed by atoms with Crippen molar-refractivity contribution in [1.82, 2.24) is 4.98 Å². The summed E-state index contributed by atoms with van der Waals surface area (Å²) in [7, 11) is 0. The van der Waals surface area contributed by atoms with Crippen molar-refractivity contribution in [2.45, 2.75) is 46.0 Å². The van der Waals surface area contributed by atoms with Crippen molar-refractivity contribution in [1.29, 1.82) is 0 Å². The van der Waals surface area contributed by atoms with Gasteiger partial charge in [0.2, 0.25) is 0 Å². The number of aromatic nitrogens is 1. The Bertz CT molecular complexity index is 315. The fourth-order valence-corrected chi connectivity index (χ4v) is 2.36. The average molecular weight is 175 g/mol. The van der Waals surface area contributed by atoms with E-state index < -0.39 is 0 Å². The Morgan fingerprint density at radius 3 is 2.85 bits per heavy atom. The van der Waals surface area contributed by atoms with Gasteiger partial charge in [-0.25, -0.2) is 0 Å². The molecule has 2 rings (SSSR count). The van der Waals surface area contributed by atoms with Gasteiger partial charge in [0.15, 0.2) is 0 Å². The van der Waals surface area contributed by atoms with Crippen LogP contribution in [0.3, 0.4) is 0 Å². The van der Waals surface area contributed by atoms with Crippen LogP contribution in [-0.4, -0.2) is 4.98 Å². The van der Waals surface area contributed by atoms with Gasteiger partial charge in [-0.3, -0.25) is 4.98 Å². The van der Waals surface area contributed by atoms with Crippen molar-refractivity contribution in [3.63, 3.8) is 0 Å². The fourth-order valence-electron chi connectivity index (χ4n) is 2.36. The monoisotopic (exact) mass is 175 g/mol. The van der Waals surface area contributed by atoms with Crippen molar-refractivity contribution in [2.75, 3.05) is 0 Å². The smallest absolute Gasteiger partial charge is 0.0407 e.